The fraction of sp³-hybridized carbons (Fsp3) is 0.667. The van der Waals surface area contributed by atoms with Crippen molar-refractivity contribution in [3.05, 3.63) is 40.7 Å². The van der Waals surface area contributed by atoms with Crippen LogP contribution < -0.4 is 21.3 Å². The Morgan fingerprint density at radius 1 is 0.917 bits per heavy atom. The van der Waals surface area contributed by atoms with Crippen LogP contribution in [0.5, 0.6) is 0 Å². The van der Waals surface area contributed by atoms with Crippen LogP contribution in [-0.4, -0.2) is 69.2 Å². The molecule has 4 saturated carbocycles. The van der Waals surface area contributed by atoms with Crippen LogP contribution in [0.15, 0.2) is 22.8 Å². The summed E-state index contributed by atoms with van der Waals surface area (Å²) in [4.78, 5) is 57.0. The lowest BCUT2D eigenvalue weighted by Crippen LogP contribution is -2.62. The average Bonchev–Trinajstić information content (AvgIpc) is 3.85. The maximum absolute atomic E-state index is 14.5. The molecule has 1 saturated heterocycles. The van der Waals surface area contributed by atoms with Gasteiger partial charge in [-0.1, -0.05) is 25.1 Å². The van der Waals surface area contributed by atoms with Gasteiger partial charge in [-0.3, -0.25) is 14.4 Å². The van der Waals surface area contributed by atoms with Gasteiger partial charge >= 0.3 is 6.03 Å². The van der Waals surface area contributed by atoms with Gasteiger partial charge in [0, 0.05) is 31.1 Å². The van der Waals surface area contributed by atoms with Crippen molar-refractivity contribution in [2.24, 2.45) is 35.5 Å². The molecule has 48 heavy (non-hydrogen) atoms. The zero-order chi connectivity index (χ0) is 33.3. The van der Waals surface area contributed by atoms with E-state index in [-0.39, 0.29) is 47.5 Å². The van der Waals surface area contributed by atoms with E-state index in [1.54, 1.807) is 11.8 Å². The second kappa shape index (κ2) is 11.9. The molecule has 0 radical (unpaired) electrons. The van der Waals surface area contributed by atoms with Crippen LogP contribution in [0.1, 0.15) is 92.5 Å². The molecule has 0 spiro atoms. The molecule has 4 N–H and O–H groups in total. The molecule has 1 aliphatic heterocycles. The van der Waals surface area contributed by atoms with Gasteiger partial charge in [0.05, 0.1) is 6.04 Å². The number of rotatable bonds is 13. The minimum atomic E-state index is -1.04. The summed E-state index contributed by atoms with van der Waals surface area (Å²) >= 11 is 0. The van der Waals surface area contributed by atoms with E-state index in [0.29, 0.717) is 54.4 Å². The molecule has 1 unspecified atom stereocenters. The van der Waals surface area contributed by atoms with Crippen LogP contribution in [0, 0.1) is 42.4 Å². The molecule has 12 heteroatoms. The molecule has 5 amide bonds. The Balaban J connectivity index is 1.04. The number of fused-ring (bicyclic) bond motifs is 1. The van der Waals surface area contributed by atoms with Crippen LogP contribution >= 0.6 is 0 Å². The number of nitrogens with one attached hydrogen (secondary N) is 4. The molecule has 2 heterocycles. The summed E-state index contributed by atoms with van der Waals surface area (Å²) < 4.78 is 4.75. The number of aromatic nitrogens is 2. The third kappa shape index (κ3) is 5.96. The molecule has 3 atom stereocenters. The van der Waals surface area contributed by atoms with Crippen LogP contribution in [0.25, 0.3) is 0 Å². The van der Waals surface area contributed by atoms with Gasteiger partial charge < -0.3 is 26.2 Å². The second-order valence-corrected chi connectivity index (χ2v) is 15.8. The van der Waals surface area contributed by atoms with E-state index in [2.05, 4.69) is 45.4 Å². The van der Waals surface area contributed by atoms with E-state index >= 15 is 0 Å². The van der Waals surface area contributed by atoms with E-state index < -0.39 is 17.5 Å². The molecule has 0 bridgehead atoms. The number of urea groups is 1. The molecule has 5 aliphatic carbocycles. The molecule has 8 rings (SSSR count). The highest BCUT2D eigenvalue weighted by Crippen LogP contribution is 2.51. The maximum atomic E-state index is 14.5. The van der Waals surface area contributed by atoms with Gasteiger partial charge in [-0.15, -0.1) is 0 Å². The van der Waals surface area contributed by atoms with Gasteiger partial charge in [0.2, 0.25) is 11.8 Å². The summed E-state index contributed by atoms with van der Waals surface area (Å²) in [5, 5.41) is 20.2. The molecular formula is C36H47N7O5. The predicted molar refractivity (Wildman–Crippen MR) is 176 cm³/mol. The van der Waals surface area contributed by atoms with Gasteiger partial charge in [-0.05, 0) is 122 Å². The zero-order valence-electron chi connectivity index (χ0n) is 28.1. The molecule has 12 nitrogen and oxygen atoms in total. The van der Waals surface area contributed by atoms with Crippen LogP contribution in [0.3, 0.4) is 0 Å². The van der Waals surface area contributed by atoms with Crippen molar-refractivity contribution >= 4 is 29.4 Å². The number of carbonyl (C=O) groups is 4. The first-order chi connectivity index (χ1) is 23.1. The summed E-state index contributed by atoms with van der Waals surface area (Å²) in [6.07, 6.45) is 9.62. The molecular weight excluding hydrogens is 610 g/mol. The smallest absolute Gasteiger partial charge is 0.318 e. The number of nitrogens with zero attached hydrogens (tertiary/aromatic N) is 3. The Bertz CT molecular complexity index is 1600. The van der Waals surface area contributed by atoms with Crippen LogP contribution in [0.2, 0.25) is 0 Å². The molecule has 256 valence electrons. The Morgan fingerprint density at radius 3 is 2.12 bits per heavy atom. The lowest BCUT2D eigenvalue weighted by Gasteiger charge is -2.38. The number of amides is 5. The third-order valence-electron chi connectivity index (χ3n) is 11.8. The first-order valence-corrected chi connectivity index (χ1v) is 18.0. The normalized spacial score (nSPS) is 25.8. The summed E-state index contributed by atoms with van der Waals surface area (Å²) in [5.74, 6) is 1.37. The van der Waals surface area contributed by atoms with Gasteiger partial charge in [0.15, 0.2) is 5.69 Å². The van der Waals surface area contributed by atoms with Crippen molar-refractivity contribution in [2.75, 3.05) is 11.9 Å². The average molecular weight is 658 g/mol. The summed E-state index contributed by atoms with van der Waals surface area (Å²) in [6.45, 7) is 6.31. The van der Waals surface area contributed by atoms with Crippen LogP contribution in [-0.2, 0) is 22.4 Å². The number of hydrogen-bond acceptors (Lipinski definition) is 7. The first-order valence-electron chi connectivity index (χ1n) is 18.0. The van der Waals surface area contributed by atoms with Gasteiger partial charge in [-0.25, -0.2) is 9.42 Å². The predicted octanol–water partition coefficient (Wildman–Crippen LogP) is 3.74. The van der Waals surface area contributed by atoms with Gasteiger partial charge in [0.25, 0.3) is 5.91 Å². The van der Waals surface area contributed by atoms with Gasteiger partial charge in [-0.2, -0.15) is 0 Å². The Labute approximate surface area is 280 Å². The lowest BCUT2D eigenvalue weighted by molar-refractivity contribution is -0.132. The van der Waals surface area contributed by atoms with E-state index in [1.165, 1.54) is 0 Å². The Morgan fingerprint density at radius 2 is 1.56 bits per heavy atom. The van der Waals surface area contributed by atoms with Crippen molar-refractivity contribution in [1.29, 1.82) is 0 Å². The van der Waals surface area contributed by atoms with E-state index in [1.807, 2.05) is 18.2 Å². The SMILES string of the molecule is Cc1nonc1C(=O)N[C@H](C(=O)Nc1ccc2c(c1)CC(C(=O)NC(C1CC1)C1CC1)(N1C[C@@H](C(C)C)NC1=O)C2)C(C1CC1)C1CC1. The number of carbonyl (C=O) groups excluding carboxylic acids is 4. The summed E-state index contributed by atoms with van der Waals surface area (Å²) in [5.41, 5.74) is 1.98. The van der Waals surface area contributed by atoms with Crippen molar-refractivity contribution in [3.63, 3.8) is 0 Å². The van der Waals surface area contributed by atoms with Gasteiger partial charge in [0.1, 0.15) is 17.3 Å². The van der Waals surface area contributed by atoms with Crippen molar-refractivity contribution < 1.29 is 23.8 Å². The molecule has 1 aromatic heterocycles. The number of anilines is 1. The van der Waals surface area contributed by atoms with Crippen LogP contribution in [0.4, 0.5) is 10.5 Å². The third-order valence-corrected chi connectivity index (χ3v) is 11.8. The van der Waals surface area contributed by atoms with E-state index in [9.17, 15) is 19.2 Å². The Kier molecular flexibility index (Phi) is 7.75. The van der Waals surface area contributed by atoms with Crippen molar-refractivity contribution in [3.8, 4) is 0 Å². The lowest BCUT2D eigenvalue weighted by atomic mass is 9.88. The topological polar surface area (TPSA) is 159 Å². The van der Waals surface area contributed by atoms with Crippen molar-refractivity contribution in [2.45, 2.75) is 109 Å². The standard InChI is InChI=1S/C36H47N7O5/c1-18(2)27-17-43(35(47)38-27)36(34(46)40-30(22-8-9-22)23-10-11-23)15-24-12-13-26(14-25(24)16-36)37-33(45)31(28(20-4-5-20)21-6-7-21)39-32(44)29-19(3)41-48-42-29/h12-14,18,20-23,27-28,30-31H,4-11,15-17H2,1-3H3,(H,37,45)(H,38,47)(H,39,44)(H,40,46)/t27-,31-,36?/m0/s1. The van der Waals surface area contributed by atoms with Crippen molar-refractivity contribution in [1.82, 2.24) is 31.2 Å². The first kappa shape index (κ1) is 31.3. The molecule has 6 aliphatic rings. The quantitative estimate of drug-likeness (QED) is 0.256. The molecule has 5 fully saturated rings. The fourth-order valence-corrected chi connectivity index (χ4v) is 8.43. The maximum Gasteiger partial charge on any atom is 0.318 e. The number of benzene rings is 1. The second-order valence-electron chi connectivity index (χ2n) is 15.8. The number of hydrogen-bond donors (Lipinski definition) is 4. The highest BCUT2D eigenvalue weighted by atomic mass is 16.6. The number of aryl methyl sites for hydroxylation is 1. The molecule has 2 aromatic rings. The largest absolute Gasteiger partial charge is 0.351 e. The Hall–Kier alpha value is -3.96. The van der Waals surface area contributed by atoms with E-state index in [0.717, 1.165) is 62.5 Å². The summed E-state index contributed by atoms with van der Waals surface area (Å²) in [7, 11) is 0. The van der Waals surface area contributed by atoms with E-state index in [4.69, 9.17) is 4.63 Å². The zero-order valence-corrected chi connectivity index (χ0v) is 28.1. The minimum absolute atomic E-state index is 0.0294. The highest BCUT2D eigenvalue weighted by molar-refractivity contribution is 6.01. The fourth-order valence-electron chi connectivity index (χ4n) is 8.43. The highest BCUT2D eigenvalue weighted by Gasteiger charge is 2.55. The summed E-state index contributed by atoms with van der Waals surface area (Å²) in [6, 6.07) is 5.02. The molecule has 1 aromatic carbocycles. The monoisotopic (exact) mass is 657 g/mol. The minimum Gasteiger partial charge on any atom is -0.351 e.